The molecular formula is C26H30ClN5O3. The largest absolute Gasteiger partial charge is 0.461 e. The van der Waals surface area contributed by atoms with Crippen molar-refractivity contribution in [3.05, 3.63) is 58.6 Å². The zero-order chi connectivity index (χ0) is 24.2. The molecular weight excluding hydrogens is 466 g/mol. The molecule has 8 nitrogen and oxygen atoms in total. The Morgan fingerprint density at radius 2 is 2.11 bits per heavy atom. The van der Waals surface area contributed by atoms with E-state index in [1.54, 1.807) is 13.1 Å². The first-order valence-corrected chi connectivity index (χ1v) is 12.8. The highest BCUT2D eigenvalue weighted by atomic mass is 35.5. The van der Waals surface area contributed by atoms with Crippen molar-refractivity contribution in [3.63, 3.8) is 0 Å². The number of carbonyl (C=O) groups is 1. The molecule has 2 aliphatic heterocycles. The predicted molar refractivity (Wildman–Crippen MR) is 134 cm³/mol. The number of benzene rings is 1. The second kappa shape index (κ2) is 8.60. The second-order valence-electron chi connectivity index (χ2n) is 9.78. The molecule has 2 N–H and O–H groups in total. The van der Waals surface area contributed by atoms with Gasteiger partial charge in [0.05, 0.1) is 41.8 Å². The first kappa shape index (κ1) is 22.5. The minimum atomic E-state index is -0.374. The first-order valence-electron chi connectivity index (χ1n) is 12.4. The van der Waals surface area contributed by atoms with Crippen molar-refractivity contribution in [2.24, 2.45) is 0 Å². The Morgan fingerprint density at radius 3 is 2.91 bits per heavy atom. The monoisotopic (exact) mass is 495 g/mol. The van der Waals surface area contributed by atoms with Crippen molar-refractivity contribution in [3.8, 4) is 0 Å². The maximum atomic E-state index is 12.1. The van der Waals surface area contributed by atoms with Crippen molar-refractivity contribution in [1.82, 2.24) is 19.8 Å². The lowest BCUT2D eigenvalue weighted by atomic mass is 9.74. The number of ether oxygens (including phenoxy) is 1. The number of fused-ring (bicyclic) bond motifs is 5. The average Bonchev–Trinajstić information content (AvgIpc) is 3.43. The van der Waals surface area contributed by atoms with E-state index in [1.165, 1.54) is 6.42 Å². The highest BCUT2D eigenvalue weighted by Gasteiger charge is 2.42. The van der Waals surface area contributed by atoms with Gasteiger partial charge in [0.25, 0.3) is 0 Å². The molecule has 0 saturated heterocycles. The summed E-state index contributed by atoms with van der Waals surface area (Å²) in [5.41, 5.74) is 3.11. The summed E-state index contributed by atoms with van der Waals surface area (Å²) >= 11 is 6.76. The molecule has 35 heavy (non-hydrogen) atoms. The zero-order valence-corrected chi connectivity index (χ0v) is 20.7. The Balaban J connectivity index is 1.30. The molecule has 3 aliphatic rings. The number of rotatable bonds is 4. The maximum absolute atomic E-state index is 12.1. The van der Waals surface area contributed by atoms with Gasteiger partial charge in [-0.25, -0.2) is 9.78 Å². The summed E-state index contributed by atoms with van der Waals surface area (Å²) in [5.74, 6) is 2.18. The number of imidazole rings is 1. The van der Waals surface area contributed by atoms with Gasteiger partial charge in [-0.2, -0.15) is 0 Å². The molecule has 9 heteroatoms. The summed E-state index contributed by atoms with van der Waals surface area (Å²) in [6, 6.07) is 4.09. The van der Waals surface area contributed by atoms with E-state index >= 15 is 0 Å². The molecule has 6 rings (SSSR count). The van der Waals surface area contributed by atoms with Gasteiger partial charge in [-0.3, -0.25) is 4.90 Å². The summed E-state index contributed by atoms with van der Waals surface area (Å²) < 4.78 is 13.7. The van der Waals surface area contributed by atoms with Crippen LogP contribution < -0.4 is 10.6 Å². The summed E-state index contributed by atoms with van der Waals surface area (Å²) in [4.78, 5) is 18.9. The molecule has 0 amide bonds. The quantitative estimate of drug-likeness (QED) is 0.486. The number of hydrogen-bond donors (Lipinski definition) is 2. The van der Waals surface area contributed by atoms with E-state index in [-0.39, 0.29) is 11.5 Å². The smallest absolute Gasteiger partial charge is 0.358 e. The summed E-state index contributed by atoms with van der Waals surface area (Å²) in [7, 11) is 0. The lowest BCUT2D eigenvalue weighted by molar-refractivity contribution is 0.0519. The molecule has 1 spiro atoms. The van der Waals surface area contributed by atoms with Crippen molar-refractivity contribution < 1.29 is 13.9 Å². The van der Waals surface area contributed by atoms with E-state index in [2.05, 4.69) is 33.2 Å². The molecule has 1 aliphatic carbocycles. The summed E-state index contributed by atoms with van der Waals surface area (Å²) in [6.45, 7) is 9.20. The highest BCUT2D eigenvalue weighted by Crippen LogP contribution is 2.49. The Kier molecular flexibility index (Phi) is 5.53. The van der Waals surface area contributed by atoms with Crippen LogP contribution in [0.5, 0.6) is 0 Å². The average molecular weight is 496 g/mol. The number of furan rings is 1. The van der Waals surface area contributed by atoms with Crippen molar-refractivity contribution in [1.29, 1.82) is 0 Å². The van der Waals surface area contributed by atoms with Gasteiger partial charge >= 0.3 is 5.97 Å². The number of hydrogen-bond acceptors (Lipinski definition) is 7. The van der Waals surface area contributed by atoms with Crippen LogP contribution in [-0.4, -0.2) is 33.6 Å². The van der Waals surface area contributed by atoms with Gasteiger partial charge in [-0.05, 0) is 31.9 Å². The van der Waals surface area contributed by atoms with Gasteiger partial charge in [0.15, 0.2) is 5.69 Å². The minimum Gasteiger partial charge on any atom is -0.461 e. The predicted octanol–water partition coefficient (Wildman–Crippen LogP) is 5.12. The Morgan fingerprint density at radius 1 is 1.29 bits per heavy atom. The van der Waals surface area contributed by atoms with E-state index in [0.717, 1.165) is 78.4 Å². The number of esters is 1. The number of nitrogens with one attached hydrogen (secondary N) is 2. The topological polar surface area (TPSA) is 84.6 Å². The standard InChI is InChI=1S/C26H30ClN5O3/c1-3-34-25(33)20-14-32-10-9-31(15-21(32)29-20)13-18-11-17-12-19(27)23-22(24(17)35-18)26(30-16(2)28-23)7-5-4-6-8-26/h11-12,14,28,30H,2-10,13,15H2,1H3. The van der Waals surface area contributed by atoms with Crippen LogP contribution in [-0.2, 0) is 29.9 Å². The van der Waals surface area contributed by atoms with Crippen molar-refractivity contribution in [2.45, 2.75) is 64.2 Å². The molecule has 1 aromatic carbocycles. The fraction of sp³-hybridized carbons (Fsp3) is 0.462. The second-order valence-corrected chi connectivity index (χ2v) is 10.2. The van der Waals surface area contributed by atoms with E-state index < -0.39 is 0 Å². The van der Waals surface area contributed by atoms with Gasteiger partial charge < -0.3 is 24.4 Å². The molecule has 0 atom stereocenters. The third-order valence-corrected chi connectivity index (χ3v) is 7.71. The van der Waals surface area contributed by atoms with Gasteiger partial charge in [0, 0.05) is 30.2 Å². The van der Waals surface area contributed by atoms with Gasteiger partial charge in [-0.1, -0.05) is 37.4 Å². The number of anilines is 1. The molecule has 184 valence electrons. The fourth-order valence-corrected chi connectivity index (χ4v) is 6.14. The normalized spacial score (nSPS) is 19.2. The molecule has 4 heterocycles. The van der Waals surface area contributed by atoms with Crippen LogP contribution in [0.15, 0.2) is 35.1 Å². The molecule has 2 aromatic heterocycles. The van der Waals surface area contributed by atoms with E-state index in [1.807, 2.05) is 10.6 Å². The fourth-order valence-electron chi connectivity index (χ4n) is 5.88. The maximum Gasteiger partial charge on any atom is 0.358 e. The third-order valence-electron chi connectivity index (χ3n) is 7.41. The molecule has 1 fully saturated rings. The van der Waals surface area contributed by atoms with Crippen LogP contribution in [0.25, 0.3) is 11.0 Å². The van der Waals surface area contributed by atoms with Crippen LogP contribution in [0.2, 0.25) is 5.02 Å². The molecule has 3 aromatic rings. The minimum absolute atomic E-state index is 0.201. The number of nitrogens with zero attached hydrogens (tertiary/aromatic N) is 3. The summed E-state index contributed by atoms with van der Waals surface area (Å²) in [5, 5.41) is 8.72. The molecule has 0 bridgehead atoms. The number of aromatic nitrogens is 2. The van der Waals surface area contributed by atoms with Gasteiger partial charge in [0.2, 0.25) is 0 Å². The Bertz CT molecular complexity index is 1320. The van der Waals surface area contributed by atoms with Crippen LogP contribution in [0.4, 0.5) is 5.69 Å². The zero-order valence-electron chi connectivity index (χ0n) is 20.0. The van der Waals surface area contributed by atoms with Crippen LogP contribution in [0.3, 0.4) is 0 Å². The lowest BCUT2D eigenvalue weighted by Crippen LogP contribution is -2.48. The van der Waals surface area contributed by atoms with E-state index in [9.17, 15) is 4.79 Å². The van der Waals surface area contributed by atoms with E-state index in [0.29, 0.717) is 30.4 Å². The highest BCUT2D eigenvalue weighted by molar-refractivity contribution is 6.34. The van der Waals surface area contributed by atoms with Crippen LogP contribution in [0.1, 0.15) is 66.7 Å². The molecule has 0 radical (unpaired) electrons. The van der Waals surface area contributed by atoms with Crippen molar-refractivity contribution >= 4 is 34.2 Å². The summed E-state index contributed by atoms with van der Waals surface area (Å²) in [6.07, 6.45) is 7.42. The van der Waals surface area contributed by atoms with Gasteiger partial charge in [0.1, 0.15) is 17.2 Å². The third kappa shape index (κ3) is 3.89. The SMILES string of the molecule is C=C1Nc2c(Cl)cc3cc(CN4CCn5cc(C(=O)OCC)nc5C4)oc3c2C2(CCCCC2)N1. The number of halogens is 1. The Hall–Kier alpha value is -2.97. The molecule has 1 saturated carbocycles. The van der Waals surface area contributed by atoms with Crippen LogP contribution in [0, 0.1) is 0 Å². The Labute approximate surface area is 209 Å². The van der Waals surface area contributed by atoms with Gasteiger partial charge in [-0.15, -0.1) is 0 Å². The van der Waals surface area contributed by atoms with Crippen molar-refractivity contribution in [2.75, 3.05) is 18.5 Å². The first-order chi connectivity index (χ1) is 17.0. The number of carbonyl (C=O) groups excluding carboxylic acids is 1. The molecule has 0 unspecified atom stereocenters. The lowest BCUT2D eigenvalue weighted by Gasteiger charge is -2.44. The van der Waals surface area contributed by atoms with E-state index in [4.69, 9.17) is 20.8 Å². The van der Waals surface area contributed by atoms with Crippen LogP contribution >= 0.6 is 11.6 Å².